The van der Waals surface area contributed by atoms with Gasteiger partial charge >= 0.3 is 0 Å². The van der Waals surface area contributed by atoms with Crippen LogP contribution in [0, 0.1) is 0 Å². The molecule has 1 aromatic carbocycles. The Balaban J connectivity index is 2.29. The molecule has 118 valence electrons. The lowest BCUT2D eigenvalue weighted by Gasteiger charge is -2.09. The molecule has 21 heavy (non-hydrogen) atoms. The number of carbonyl (C=O) groups excluding carboxylic acids is 1. The third-order valence-electron chi connectivity index (χ3n) is 2.66. The molecule has 0 aliphatic rings. The minimum absolute atomic E-state index is 0.0820. The van der Waals surface area contributed by atoms with Crippen LogP contribution in [0.25, 0.3) is 0 Å². The van der Waals surface area contributed by atoms with E-state index in [-0.39, 0.29) is 12.5 Å². The fourth-order valence-corrected chi connectivity index (χ4v) is 1.66. The Hall–Kier alpha value is -1.63. The maximum atomic E-state index is 11.8. The van der Waals surface area contributed by atoms with Crippen LogP contribution in [-0.4, -0.2) is 53.0 Å². The van der Waals surface area contributed by atoms with Crippen molar-refractivity contribution in [1.82, 2.24) is 5.32 Å². The van der Waals surface area contributed by atoms with Crippen LogP contribution in [0.3, 0.4) is 0 Å². The number of benzene rings is 1. The maximum absolute atomic E-state index is 11.8. The third-order valence-corrected chi connectivity index (χ3v) is 2.66. The second-order valence-electron chi connectivity index (χ2n) is 4.44. The Kier molecular flexibility index (Phi) is 9.19. The summed E-state index contributed by atoms with van der Waals surface area (Å²) in [5.41, 5.74) is 0.716. The molecular formula is C15H24N2O4. The van der Waals surface area contributed by atoms with Gasteiger partial charge < -0.3 is 24.8 Å². The molecule has 6 nitrogen and oxygen atoms in total. The van der Waals surface area contributed by atoms with Gasteiger partial charge in [0.1, 0.15) is 12.4 Å². The predicted octanol–water partition coefficient (Wildman–Crippen LogP) is 1.28. The van der Waals surface area contributed by atoms with Gasteiger partial charge in [-0.15, -0.1) is 0 Å². The first kappa shape index (κ1) is 17.4. The van der Waals surface area contributed by atoms with E-state index in [4.69, 9.17) is 14.2 Å². The number of ether oxygens (including phenoxy) is 3. The van der Waals surface area contributed by atoms with Gasteiger partial charge in [0.05, 0.1) is 13.2 Å². The van der Waals surface area contributed by atoms with Crippen molar-refractivity contribution in [3.63, 3.8) is 0 Å². The molecule has 0 radical (unpaired) electrons. The van der Waals surface area contributed by atoms with Crippen LogP contribution in [-0.2, 0) is 14.3 Å². The lowest BCUT2D eigenvalue weighted by atomic mass is 10.3. The molecule has 6 heteroatoms. The van der Waals surface area contributed by atoms with Crippen molar-refractivity contribution in [2.24, 2.45) is 0 Å². The molecule has 1 aromatic rings. The quantitative estimate of drug-likeness (QED) is 0.602. The van der Waals surface area contributed by atoms with E-state index in [0.717, 1.165) is 13.0 Å². The summed E-state index contributed by atoms with van der Waals surface area (Å²) >= 11 is 0. The van der Waals surface area contributed by atoms with Crippen molar-refractivity contribution >= 4 is 11.6 Å². The molecule has 0 unspecified atom stereocenters. The summed E-state index contributed by atoms with van der Waals surface area (Å²) in [6, 6.07) is 7.29. The van der Waals surface area contributed by atoms with Gasteiger partial charge in [-0.1, -0.05) is 6.07 Å². The molecule has 0 heterocycles. The average molecular weight is 296 g/mol. The van der Waals surface area contributed by atoms with Crippen molar-refractivity contribution in [3.05, 3.63) is 24.3 Å². The zero-order valence-electron chi connectivity index (χ0n) is 12.7. The Morgan fingerprint density at radius 3 is 2.71 bits per heavy atom. The van der Waals surface area contributed by atoms with Gasteiger partial charge in [-0.3, -0.25) is 4.79 Å². The molecule has 0 saturated heterocycles. The zero-order chi connectivity index (χ0) is 15.3. The Labute approximate surface area is 125 Å². The number of hydrogen-bond donors (Lipinski definition) is 2. The number of anilines is 1. The van der Waals surface area contributed by atoms with Gasteiger partial charge in [-0.2, -0.15) is 0 Å². The fourth-order valence-electron chi connectivity index (χ4n) is 1.66. The molecule has 1 rings (SSSR count). The van der Waals surface area contributed by atoms with E-state index in [2.05, 4.69) is 10.6 Å². The normalized spacial score (nSPS) is 10.4. The second kappa shape index (κ2) is 11.1. The van der Waals surface area contributed by atoms with E-state index >= 15 is 0 Å². The van der Waals surface area contributed by atoms with E-state index in [1.54, 1.807) is 20.3 Å². The molecule has 1 amide bonds. The van der Waals surface area contributed by atoms with Crippen LogP contribution < -0.4 is 15.4 Å². The second-order valence-corrected chi connectivity index (χ2v) is 4.44. The van der Waals surface area contributed by atoms with Crippen LogP contribution in [0.5, 0.6) is 5.75 Å². The van der Waals surface area contributed by atoms with Crippen molar-refractivity contribution in [2.75, 3.05) is 52.4 Å². The summed E-state index contributed by atoms with van der Waals surface area (Å²) in [6.07, 6.45) is 0.882. The Morgan fingerprint density at radius 2 is 1.95 bits per heavy atom. The highest BCUT2D eigenvalue weighted by atomic mass is 16.5. The number of methoxy groups -OCH3 is 2. The standard InChI is InChI=1S/C15H24N2O4/c1-19-8-4-7-16-12-15(18)17-13-5-3-6-14(11-13)21-10-9-20-2/h3,5-6,11,16H,4,7-10,12H2,1-2H3,(H,17,18). The monoisotopic (exact) mass is 296 g/mol. The molecule has 0 bridgehead atoms. The SMILES string of the molecule is COCCCNCC(=O)Nc1cccc(OCCOC)c1. The first-order valence-corrected chi connectivity index (χ1v) is 6.97. The highest BCUT2D eigenvalue weighted by Gasteiger charge is 2.03. The Bertz CT molecular complexity index is 412. The molecule has 0 aliphatic heterocycles. The third kappa shape index (κ3) is 8.29. The minimum Gasteiger partial charge on any atom is -0.491 e. The molecule has 0 aromatic heterocycles. The molecule has 0 saturated carbocycles. The zero-order valence-corrected chi connectivity index (χ0v) is 12.7. The van der Waals surface area contributed by atoms with E-state index in [0.29, 0.717) is 31.3 Å². The predicted molar refractivity (Wildman–Crippen MR) is 81.8 cm³/mol. The van der Waals surface area contributed by atoms with E-state index in [1.807, 2.05) is 18.2 Å². The summed E-state index contributed by atoms with van der Waals surface area (Å²) in [5, 5.41) is 5.88. The maximum Gasteiger partial charge on any atom is 0.238 e. The summed E-state index contributed by atoms with van der Waals surface area (Å²) in [6.45, 7) is 2.73. The summed E-state index contributed by atoms with van der Waals surface area (Å²) < 4.78 is 15.3. The van der Waals surface area contributed by atoms with Gasteiger partial charge in [0, 0.05) is 32.6 Å². The molecule has 2 N–H and O–H groups in total. The topological polar surface area (TPSA) is 68.8 Å². The van der Waals surface area contributed by atoms with Gasteiger partial charge in [0.2, 0.25) is 5.91 Å². The van der Waals surface area contributed by atoms with Crippen LogP contribution >= 0.6 is 0 Å². The minimum atomic E-state index is -0.0820. The molecule has 0 fully saturated rings. The van der Waals surface area contributed by atoms with E-state index < -0.39 is 0 Å². The van der Waals surface area contributed by atoms with Crippen LogP contribution in [0.2, 0.25) is 0 Å². The largest absolute Gasteiger partial charge is 0.491 e. The van der Waals surface area contributed by atoms with Gasteiger partial charge in [-0.05, 0) is 25.1 Å². The average Bonchev–Trinajstić information content (AvgIpc) is 2.48. The lowest BCUT2D eigenvalue weighted by Crippen LogP contribution is -2.29. The summed E-state index contributed by atoms with van der Waals surface area (Å²) in [4.78, 5) is 11.8. The van der Waals surface area contributed by atoms with Crippen molar-refractivity contribution in [2.45, 2.75) is 6.42 Å². The number of amides is 1. The fraction of sp³-hybridized carbons (Fsp3) is 0.533. The van der Waals surface area contributed by atoms with Gasteiger partial charge in [0.25, 0.3) is 0 Å². The summed E-state index contributed by atoms with van der Waals surface area (Å²) in [7, 11) is 3.29. The van der Waals surface area contributed by atoms with Crippen molar-refractivity contribution < 1.29 is 19.0 Å². The molecule has 0 atom stereocenters. The number of carbonyl (C=O) groups is 1. The smallest absolute Gasteiger partial charge is 0.238 e. The number of nitrogens with one attached hydrogen (secondary N) is 2. The van der Waals surface area contributed by atoms with E-state index in [1.165, 1.54) is 0 Å². The molecule has 0 aliphatic carbocycles. The first-order valence-electron chi connectivity index (χ1n) is 6.97. The van der Waals surface area contributed by atoms with Gasteiger partial charge in [0.15, 0.2) is 0 Å². The highest BCUT2D eigenvalue weighted by Crippen LogP contribution is 2.17. The first-order chi connectivity index (χ1) is 10.3. The lowest BCUT2D eigenvalue weighted by molar-refractivity contribution is -0.115. The molecule has 0 spiro atoms. The van der Waals surface area contributed by atoms with Crippen molar-refractivity contribution in [3.8, 4) is 5.75 Å². The Morgan fingerprint density at radius 1 is 1.14 bits per heavy atom. The number of rotatable bonds is 11. The van der Waals surface area contributed by atoms with Crippen LogP contribution in [0.4, 0.5) is 5.69 Å². The summed E-state index contributed by atoms with van der Waals surface area (Å²) in [5.74, 6) is 0.624. The van der Waals surface area contributed by atoms with Crippen molar-refractivity contribution in [1.29, 1.82) is 0 Å². The number of hydrogen-bond acceptors (Lipinski definition) is 5. The van der Waals surface area contributed by atoms with Gasteiger partial charge in [-0.25, -0.2) is 0 Å². The molecular weight excluding hydrogens is 272 g/mol. The van der Waals surface area contributed by atoms with E-state index in [9.17, 15) is 4.79 Å². The van der Waals surface area contributed by atoms with Crippen LogP contribution in [0.15, 0.2) is 24.3 Å². The highest BCUT2D eigenvalue weighted by molar-refractivity contribution is 5.92. The van der Waals surface area contributed by atoms with Crippen LogP contribution in [0.1, 0.15) is 6.42 Å².